The zero-order valence-corrected chi connectivity index (χ0v) is 15.0. The van der Waals surface area contributed by atoms with Crippen molar-refractivity contribution in [2.45, 2.75) is 0 Å². The van der Waals surface area contributed by atoms with Crippen molar-refractivity contribution in [2.24, 2.45) is 0 Å². The molecule has 0 saturated carbocycles. The third kappa shape index (κ3) is 3.10. The Labute approximate surface area is 150 Å². The van der Waals surface area contributed by atoms with Crippen LogP contribution in [0, 0.1) is 5.82 Å². The third-order valence-corrected chi connectivity index (χ3v) is 6.14. The summed E-state index contributed by atoms with van der Waals surface area (Å²) < 4.78 is 38.8. The number of sulfone groups is 1. The summed E-state index contributed by atoms with van der Waals surface area (Å²) in [7, 11) is -1.17. The molecule has 9 heteroatoms. The van der Waals surface area contributed by atoms with Crippen LogP contribution in [-0.4, -0.2) is 54.8 Å². The largest absolute Gasteiger partial charge is 0.388 e. The van der Waals surface area contributed by atoms with E-state index in [0.29, 0.717) is 24.4 Å². The molecule has 2 aromatic heterocycles. The first-order chi connectivity index (χ1) is 12.4. The number of pyridine rings is 1. The number of nitrogens with one attached hydrogen (secondary N) is 1. The molecule has 0 aliphatic carbocycles. The van der Waals surface area contributed by atoms with Gasteiger partial charge in [-0.15, -0.1) is 5.10 Å². The highest BCUT2D eigenvalue weighted by molar-refractivity contribution is 7.91. The van der Waals surface area contributed by atoms with Crippen LogP contribution in [0.25, 0.3) is 16.7 Å². The van der Waals surface area contributed by atoms with Crippen molar-refractivity contribution in [3.8, 4) is 5.69 Å². The second kappa shape index (κ2) is 6.24. The molecule has 0 bridgehead atoms. The summed E-state index contributed by atoms with van der Waals surface area (Å²) in [6.45, 7) is 0.894. The Morgan fingerprint density at radius 1 is 1.19 bits per heavy atom. The van der Waals surface area contributed by atoms with Crippen molar-refractivity contribution in [3.05, 3.63) is 42.5 Å². The molecule has 4 rings (SSSR count). The first-order valence-electron chi connectivity index (χ1n) is 8.24. The molecule has 1 aliphatic heterocycles. The van der Waals surface area contributed by atoms with E-state index in [4.69, 9.17) is 0 Å². The van der Waals surface area contributed by atoms with E-state index in [1.54, 1.807) is 31.6 Å². The lowest BCUT2D eigenvalue weighted by atomic mass is 10.2. The summed E-state index contributed by atoms with van der Waals surface area (Å²) in [5.41, 5.74) is 2.47. The van der Waals surface area contributed by atoms with Crippen LogP contribution in [0.15, 0.2) is 36.7 Å². The quantitative estimate of drug-likeness (QED) is 0.752. The lowest BCUT2D eigenvalue weighted by Gasteiger charge is -2.28. The standard InChI is InChI=1S/C17H18FN5O2S/c1-19-13-2-3-15(18)16(9-13)23-11-12-8-14(10-20-17(12)21-23)22-4-6-26(24,25)7-5-22/h2-3,8-11,19H,4-7H2,1H3. The summed E-state index contributed by atoms with van der Waals surface area (Å²) in [4.78, 5) is 6.34. The van der Waals surface area contributed by atoms with Crippen molar-refractivity contribution in [3.63, 3.8) is 0 Å². The number of fused-ring (bicyclic) bond motifs is 1. The number of hydrogen-bond acceptors (Lipinski definition) is 6. The number of anilines is 2. The number of hydrogen-bond donors (Lipinski definition) is 1. The van der Waals surface area contributed by atoms with Crippen LogP contribution in [-0.2, 0) is 9.84 Å². The number of aromatic nitrogens is 3. The van der Waals surface area contributed by atoms with Gasteiger partial charge in [-0.3, -0.25) is 0 Å². The highest BCUT2D eigenvalue weighted by Gasteiger charge is 2.22. The summed E-state index contributed by atoms with van der Waals surface area (Å²) in [5.74, 6) is -0.0863. The summed E-state index contributed by atoms with van der Waals surface area (Å²) in [6.07, 6.45) is 3.41. The van der Waals surface area contributed by atoms with Crippen molar-refractivity contribution < 1.29 is 12.8 Å². The van der Waals surface area contributed by atoms with E-state index in [0.717, 1.165) is 16.8 Å². The van der Waals surface area contributed by atoms with E-state index >= 15 is 0 Å². The summed E-state index contributed by atoms with van der Waals surface area (Å²) >= 11 is 0. The molecule has 7 nitrogen and oxygen atoms in total. The predicted octanol–water partition coefficient (Wildman–Crippen LogP) is 1.84. The Morgan fingerprint density at radius 3 is 2.69 bits per heavy atom. The average Bonchev–Trinajstić information content (AvgIpc) is 3.05. The summed E-state index contributed by atoms with van der Waals surface area (Å²) in [6, 6.07) is 6.63. The first kappa shape index (κ1) is 16.8. The van der Waals surface area contributed by atoms with Gasteiger partial charge in [0.2, 0.25) is 0 Å². The number of halogens is 1. The molecular weight excluding hydrogens is 357 g/mol. The Balaban J connectivity index is 1.68. The molecule has 0 atom stereocenters. The van der Waals surface area contributed by atoms with Crippen LogP contribution >= 0.6 is 0 Å². The SMILES string of the molecule is CNc1ccc(F)c(-n2cc3cc(N4CCS(=O)(=O)CC4)cnc3n2)c1. The van der Waals surface area contributed by atoms with Gasteiger partial charge in [-0.25, -0.2) is 22.5 Å². The van der Waals surface area contributed by atoms with Gasteiger partial charge < -0.3 is 10.2 Å². The molecule has 1 aliphatic rings. The van der Waals surface area contributed by atoms with Crippen molar-refractivity contribution >= 4 is 32.2 Å². The van der Waals surface area contributed by atoms with E-state index in [-0.39, 0.29) is 17.3 Å². The van der Waals surface area contributed by atoms with Crippen LogP contribution in [0.3, 0.4) is 0 Å². The predicted molar refractivity (Wildman–Crippen MR) is 99.2 cm³/mol. The lowest BCUT2D eigenvalue weighted by molar-refractivity contribution is 0.586. The van der Waals surface area contributed by atoms with Crippen LogP contribution in [0.1, 0.15) is 0 Å². The first-order valence-corrected chi connectivity index (χ1v) is 10.1. The van der Waals surface area contributed by atoms with Gasteiger partial charge in [0.25, 0.3) is 0 Å². The van der Waals surface area contributed by atoms with E-state index < -0.39 is 9.84 Å². The number of nitrogens with zero attached hydrogens (tertiary/aromatic N) is 4. The monoisotopic (exact) mass is 375 g/mol. The molecule has 0 radical (unpaired) electrons. The van der Waals surface area contributed by atoms with Gasteiger partial charge in [-0.05, 0) is 24.3 Å². The second-order valence-electron chi connectivity index (χ2n) is 6.24. The van der Waals surface area contributed by atoms with Crippen LogP contribution < -0.4 is 10.2 Å². The average molecular weight is 375 g/mol. The van der Waals surface area contributed by atoms with Gasteiger partial charge in [0.15, 0.2) is 15.5 Å². The molecule has 26 heavy (non-hydrogen) atoms. The van der Waals surface area contributed by atoms with Gasteiger partial charge in [0, 0.05) is 37.4 Å². The second-order valence-corrected chi connectivity index (χ2v) is 8.54. The Morgan fingerprint density at radius 2 is 1.96 bits per heavy atom. The molecule has 1 fully saturated rings. The molecule has 3 aromatic rings. The zero-order valence-electron chi connectivity index (χ0n) is 14.2. The fraction of sp³-hybridized carbons (Fsp3) is 0.294. The fourth-order valence-corrected chi connectivity index (χ4v) is 4.22. The molecule has 1 N–H and O–H groups in total. The number of benzene rings is 1. The number of rotatable bonds is 3. The van der Waals surface area contributed by atoms with Crippen LogP contribution in [0.5, 0.6) is 0 Å². The maximum atomic E-state index is 14.2. The Hall–Kier alpha value is -2.68. The normalized spacial score (nSPS) is 16.8. The van der Waals surface area contributed by atoms with Gasteiger partial charge in [-0.1, -0.05) is 0 Å². The topological polar surface area (TPSA) is 80.1 Å². The molecular formula is C17H18FN5O2S. The molecule has 0 spiro atoms. The maximum Gasteiger partial charge on any atom is 0.181 e. The van der Waals surface area contributed by atoms with Crippen LogP contribution in [0.4, 0.5) is 15.8 Å². The highest BCUT2D eigenvalue weighted by atomic mass is 32.2. The minimum atomic E-state index is -2.94. The van der Waals surface area contributed by atoms with E-state index in [2.05, 4.69) is 15.4 Å². The molecule has 0 unspecified atom stereocenters. The Kier molecular flexibility index (Phi) is 4.03. The van der Waals surface area contributed by atoms with Gasteiger partial charge in [-0.2, -0.15) is 0 Å². The van der Waals surface area contributed by atoms with Crippen molar-refractivity contribution in [1.29, 1.82) is 0 Å². The molecule has 3 heterocycles. The molecule has 1 aromatic carbocycles. The smallest absolute Gasteiger partial charge is 0.181 e. The lowest BCUT2D eigenvalue weighted by Crippen LogP contribution is -2.40. The van der Waals surface area contributed by atoms with Crippen molar-refractivity contribution in [1.82, 2.24) is 14.8 Å². The van der Waals surface area contributed by atoms with E-state index in [9.17, 15) is 12.8 Å². The fourth-order valence-electron chi connectivity index (χ4n) is 3.01. The van der Waals surface area contributed by atoms with Gasteiger partial charge in [0.05, 0.1) is 23.4 Å². The Bertz CT molecular complexity index is 1070. The summed E-state index contributed by atoms with van der Waals surface area (Å²) in [5, 5.41) is 8.10. The third-order valence-electron chi connectivity index (χ3n) is 4.54. The zero-order chi connectivity index (χ0) is 18.3. The maximum absolute atomic E-state index is 14.2. The van der Waals surface area contributed by atoms with Gasteiger partial charge in [0.1, 0.15) is 11.5 Å². The molecule has 1 saturated heterocycles. The minimum Gasteiger partial charge on any atom is -0.388 e. The van der Waals surface area contributed by atoms with Gasteiger partial charge >= 0.3 is 0 Å². The highest BCUT2D eigenvalue weighted by Crippen LogP contribution is 2.24. The van der Waals surface area contributed by atoms with E-state index in [1.165, 1.54) is 10.7 Å². The van der Waals surface area contributed by atoms with E-state index in [1.807, 2.05) is 11.0 Å². The van der Waals surface area contributed by atoms with Crippen LogP contribution in [0.2, 0.25) is 0 Å². The molecule has 136 valence electrons. The minimum absolute atomic E-state index is 0.145. The molecule has 0 amide bonds. The van der Waals surface area contributed by atoms with Crippen molar-refractivity contribution in [2.75, 3.05) is 41.9 Å².